The summed E-state index contributed by atoms with van der Waals surface area (Å²) in [6.07, 6.45) is 5.10. The second kappa shape index (κ2) is 3.58. The molecule has 0 aromatic carbocycles. The van der Waals surface area contributed by atoms with Gasteiger partial charge in [0.1, 0.15) is 5.88 Å². The minimum Gasteiger partial charge on any atom is -0.328 e. The fourth-order valence-corrected chi connectivity index (χ4v) is 2.42. The van der Waals surface area contributed by atoms with E-state index in [-0.39, 0.29) is 22.9 Å². The molecule has 1 aliphatic rings. The largest absolute Gasteiger partial charge is 0.328 e. The first-order valence-electron chi connectivity index (χ1n) is 4.88. The molecule has 0 saturated heterocycles. The zero-order valence-corrected chi connectivity index (χ0v) is 10.1. The molecule has 0 fully saturated rings. The third kappa shape index (κ3) is 1.95. The van der Waals surface area contributed by atoms with Crippen LogP contribution in [-0.2, 0) is 4.79 Å². The van der Waals surface area contributed by atoms with Crippen molar-refractivity contribution in [2.24, 2.45) is 0 Å². The topological polar surface area (TPSA) is 20.3 Å². The summed E-state index contributed by atoms with van der Waals surface area (Å²) in [6, 6.07) is 0. The third-order valence-electron chi connectivity index (χ3n) is 2.69. The van der Waals surface area contributed by atoms with E-state index in [1.807, 2.05) is 18.7 Å². The summed E-state index contributed by atoms with van der Waals surface area (Å²) in [5.41, 5.74) is -0.363. The monoisotopic (exact) mass is 215 g/mol. The van der Waals surface area contributed by atoms with Gasteiger partial charge < -0.3 is 4.90 Å². The lowest BCUT2D eigenvalue weighted by Gasteiger charge is -2.49. The number of carbonyl (C=O) groups excluding carboxylic acids is 1. The molecule has 1 rings (SSSR count). The Balaban J connectivity index is 3.07. The molecule has 0 atom stereocenters. The molecule has 1 heterocycles. The number of hydrogen-bond donors (Lipinski definition) is 0. The van der Waals surface area contributed by atoms with Crippen molar-refractivity contribution >= 4 is 17.5 Å². The van der Waals surface area contributed by atoms with Crippen molar-refractivity contribution in [3.05, 3.63) is 12.2 Å². The van der Waals surface area contributed by atoms with E-state index in [0.29, 0.717) is 0 Å². The third-order valence-corrected chi connectivity index (χ3v) is 2.92. The van der Waals surface area contributed by atoms with Crippen molar-refractivity contribution in [2.75, 3.05) is 5.88 Å². The first-order valence-corrected chi connectivity index (χ1v) is 5.41. The molecule has 0 unspecified atom stereocenters. The number of carbonyl (C=O) groups is 1. The summed E-state index contributed by atoms with van der Waals surface area (Å²) in [7, 11) is 0. The first-order chi connectivity index (χ1) is 6.31. The molecule has 80 valence electrons. The molecule has 0 radical (unpaired) electrons. The van der Waals surface area contributed by atoms with Crippen LogP contribution in [0.4, 0.5) is 0 Å². The quantitative estimate of drug-likeness (QED) is 0.486. The van der Waals surface area contributed by atoms with Crippen LogP contribution in [0, 0.1) is 0 Å². The Morgan fingerprint density at radius 3 is 2.43 bits per heavy atom. The smallest absolute Gasteiger partial charge is 0.238 e. The molecule has 0 spiro atoms. The number of amides is 1. The highest BCUT2D eigenvalue weighted by Gasteiger charge is 2.40. The van der Waals surface area contributed by atoms with Crippen LogP contribution in [0.15, 0.2) is 12.2 Å². The van der Waals surface area contributed by atoms with Gasteiger partial charge in [-0.15, -0.1) is 11.6 Å². The molecule has 14 heavy (non-hydrogen) atoms. The van der Waals surface area contributed by atoms with Crippen molar-refractivity contribution in [1.82, 2.24) is 4.90 Å². The van der Waals surface area contributed by atoms with Crippen LogP contribution in [0.25, 0.3) is 0 Å². The standard InChI is InChI=1S/C11H18ClNO/c1-10(2)6-5-7-11(3,4)13(10)9(14)8-12/h5-6H,7-8H2,1-4H3. The number of alkyl halides is 1. The summed E-state index contributed by atoms with van der Waals surface area (Å²) < 4.78 is 0. The Morgan fingerprint density at radius 2 is 2.00 bits per heavy atom. The van der Waals surface area contributed by atoms with Gasteiger partial charge >= 0.3 is 0 Å². The molecule has 0 aromatic heterocycles. The van der Waals surface area contributed by atoms with E-state index >= 15 is 0 Å². The van der Waals surface area contributed by atoms with Gasteiger partial charge in [-0.3, -0.25) is 4.79 Å². The highest BCUT2D eigenvalue weighted by molar-refractivity contribution is 6.27. The maximum atomic E-state index is 11.8. The number of hydrogen-bond acceptors (Lipinski definition) is 1. The molecular weight excluding hydrogens is 198 g/mol. The average Bonchev–Trinajstić information content (AvgIpc) is 2.00. The first kappa shape index (κ1) is 11.6. The Hall–Kier alpha value is -0.500. The predicted octanol–water partition coefficient (Wildman–Crippen LogP) is 2.57. The van der Waals surface area contributed by atoms with Crippen LogP contribution in [-0.4, -0.2) is 27.8 Å². The lowest BCUT2D eigenvalue weighted by atomic mass is 9.85. The van der Waals surface area contributed by atoms with Crippen LogP contribution >= 0.6 is 11.6 Å². The van der Waals surface area contributed by atoms with Crippen molar-refractivity contribution in [1.29, 1.82) is 0 Å². The average molecular weight is 216 g/mol. The van der Waals surface area contributed by atoms with Crippen molar-refractivity contribution < 1.29 is 4.79 Å². The number of nitrogens with zero attached hydrogens (tertiary/aromatic N) is 1. The summed E-state index contributed by atoms with van der Waals surface area (Å²) in [5.74, 6) is 0.0618. The van der Waals surface area contributed by atoms with E-state index in [1.54, 1.807) is 0 Å². The highest BCUT2D eigenvalue weighted by atomic mass is 35.5. The maximum absolute atomic E-state index is 11.8. The summed E-state index contributed by atoms with van der Waals surface area (Å²) >= 11 is 5.62. The summed E-state index contributed by atoms with van der Waals surface area (Å²) in [4.78, 5) is 13.6. The minimum absolute atomic E-state index is 0.00557. The fraction of sp³-hybridized carbons (Fsp3) is 0.727. The number of halogens is 1. The van der Waals surface area contributed by atoms with Gasteiger partial charge in [0.05, 0.1) is 5.54 Å². The highest BCUT2D eigenvalue weighted by Crippen LogP contribution is 2.33. The van der Waals surface area contributed by atoms with E-state index in [9.17, 15) is 4.79 Å². The number of rotatable bonds is 1. The van der Waals surface area contributed by atoms with Crippen LogP contribution in [0.5, 0.6) is 0 Å². The van der Waals surface area contributed by atoms with Gasteiger partial charge in [-0.2, -0.15) is 0 Å². The normalized spacial score (nSPS) is 23.6. The second-order valence-electron chi connectivity index (χ2n) is 4.94. The molecule has 1 amide bonds. The van der Waals surface area contributed by atoms with Gasteiger partial charge in [-0.05, 0) is 34.1 Å². The summed E-state index contributed by atoms with van der Waals surface area (Å²) in [6.45, 7) is 8.22. The van der Waals surface area contributed by atoms with Crippen LogP contribution in [0.1, 0.15) is 34.1 Å². The molecule has 0 aliphatic carbocycles. The maximum Gasteiger partial charge on any atom is 0.238 e. The van der Waals surface area contributed by atoms with Crippen LogP contribution in [0.3, 0.4) is 0 Å². The zero-order chi connectivity index (χ0) is 11.0. The zero-order valence-electron chi connectivity index (χ0n) is 9.30. The van der Waals surface area contributed by atoms with Crippen LogP contribution < -0.4 is 0 Å². The van der Waals surface area contributed by atoms with E-state index in [4.69, 9.17) is 11.6 Å². The van der Waals surface area contributed by atoms with Crippen molar-refractivity contribution in [3.63, 3.8) is 0 Å². The molecule has 2 nitrogen and oxygen atoms in total. The molecule has 0 bridgehead atoms. The van der Waals surface area contributed by atoms with Gasteiger partial charge in [0.25, 0.3) is 0 Å². The Kier molecular flexibility index (Phi) is 2.96. The van der Waals surface area contributed by atoms with Gasteiger partial charge in [-0.1, -0.05) is 12.2 Å². The van der Waals surface area contributed by atoms with Crippen molar-refractivity contribution in [2.45, 2.75) is 45.2 Å². The van der Waals surface area contributed by atoms with Crippen LogP contribution in [0.2, 0.25) is 0 Å². The van der Waals surface area contributed by atoms with Crippen molar-refractivity contribution in [3.8, 4) is 0 Å². The van der Waals surface area contributed by atoms with E-state index in [2.05, 4.69) is 26.0 Å². The predicted molar refractivity (Wildman–Crippen MR) is 59.5 cm³/mol. The second-order valence-corrected chi connectivity index (χ2v) is 5.20. The van der Waals surface area contributed by atoms with Gasteiger partial charge in [0.2, 0.25) is 5.91 Å². The Bertz CT molecular complexity index is 268. The summed E-state index contributed by atoms with van der Waals surface area (Å²) in [5, 5.41) is 0. The Labute approximate surface area is 90.9 Å². The molecule has 1 aliphatic heterocycles. The lowest BCUT2D eigenvalue weighted by molar-refractivity contribution is -0.139. The van der Waals surface area contributed by atoms with Gasteiger partial charge in [-0.25, -0.2) is 0 Å². The minimum atomic E-state index is -0.228. The Morgan fingerprint density at radius 1 is 1.43 bits per heavy atom. The molecule has 0 N–H and O–H groups in total. The van der Waals surface area contributed by atoms with E-state index < -0.39 is 0 Å². The molecule has 3 heteroatoms. The van der Waals surface area contributed by atoms with Gasteiger partial charge in [0.15, 0.2) is 0 Å². The van der Waals surface area contributed by atoms with E-state index in [1.165, 1.54) is 0 Å². The van der Waals surface area contributed by atoms with Gasteiger partial charge in [0, 0.05) is 5.54 Å². The molecule has 0 aromatic rings. The lowest BCUT2D eigenvalue weighted by Crippen LogP contribution is -2.59. The SMILES string of the molecule is CC1(C)C=CCC(C)(C)N1C(=O)CCl. The van der Waals surface area contributed by atoms with E-state index in [0.717, 1.165) is 6.42 Å². The molecule has 0 saturated carbocycles. The molecular formula is C11H18ClNO. The fourth-order valence-electron chi connectivity index (χ4n) is 2.30.